The Morgan fingerprint density at radius 2 is 1.75 bits per heavy atom. The number of ketones is 1. The van der Waals surface area contributed by atoms with E-state index in [0.717, 1.165) is 16.9 Å². The molecule has 2 unspecified atom stereocenters. The molecule has 0 radical (unpaired) electrons. The van der Waals surface area contributed by atoms with Crippen LogP contribution in [0.2, 0.25) is 0 Å². The number of alkyl halides is 1. The molecule has 2 nitrogen and oxygen atoms in total. The number of nitrogens with one attached hydrogen (secondary N) is 1. The summed E-state index contributed by atoms with van der Waals surface area (Å²) in [5, 5.41) is 3.38. The smallest absolute Gasteiger partial charge is 0.171 e. The molecule has 1 N–H and O–H groups in total. The Labute approximate surface area is 147 Å². The standard InChI is InChI=1S/C21H20ClNO/c1-15-8-6-7-11-19(15)23-17-12-13-18(21(2,22)14-17)20(24)16-9-4-3-5-10-16/h3-14,18,23H,1-2H3. The topological polar surface area (TPSA) is 29.1 Å². The maximum absolute atomic E-state index is 12.7. The lowest BCUT2D eigenvalue weighted by Gasteiger charge is -2.30. The van der Waals surface area contributed by atoms with E-state index in [-0.39, 0.29) is 11.7 Å². The van der Waals surface area contributed by atoms with Crippen molar-refractivity contribution in [2.45, 2.75) is 18.7 Å². The first-order chi connectivity index (χ1) is 11.5. The van der Waals surface area contributed by atoms with Gasteiger partial charge in [-0.15, -0.1) is 11.6 Å². The van der Waals surface area contributed by atoms with E-state index < -0.39 is 4.87 Å². The Balaban J connectivity index is 1.82. The third-order valence-corrected chi connectivity index (χ3v) is 4.62. The summed E-state index contributed by atoms with van der Waals surface area (Å²) >= 11 is 6.70. The van der Waals surface area contributed by atoms with Gasteiger partial charge in [-0.1, -0.05) is 54.6 Å². The Hall–Kier alpha value is -2.32. The quantitative estimate of drug-likeness (QED) is 0.601. The number of allylic oxidation sites excluding steroid dienone is 3. The zero-order chi connectivity index (χ0) is 17.2. The Bertz CT molecular complexity index is 806. The van der Waals surface area contributed by atoms with E-state index in [0.29, 0.717) is 5.56 Å². The molecule has 3 rings (SSSR count). The van der Waals surface area contributed by atoms with Crippen LogP contribution in [0.5, 0.6) is 0 Å². The van der Waals surface area contributed by atoms with Gasteiger partial charge in [-0.2, -0.15) is 0 Å². The molecule has 0 saturated carbocycles. The molecule has 3 heteroatoms. The fourth-order valence-electron chi connectivity index (χ4n) is 2.90. The molecule has 0 fully saturated rings. The normalized spacial score (nSPS) is 22.8. The average molecular weight is 338 g/mol. The van der Waals surface area contributed by atoms with Crippen LogP contribution >= 0.6 is 11.6 Å². The molecule has 0 amide bonds. The molecule has 1 aliphatic rings. The molecule has 0 saturated heterocycles. The summed E-state index contributed by atoms with van der Waals surface area (Å²) in [5.41, 5.74) is 3.78. The van der Waals surface area contributed by atoms with Crippen LogP contribution in [-0.4, -0.2) is 10.7 Å². The van der Waals surface area contributed by atoms with Crippen molar-refractivity contribution in [1.82, 2.24) is 0 Å². The van der Waals surface area contributed by atoms with E-state index in [9.17, 15) is 4.79 Å². The highest BCUT2D eigenvalue weighted by atomic mass is 35.5. The summed E-state index contributed by atoms with van der Waals surface area (Å²) in [6.45, 7) is 3.93. The van der Waals surface area contributed by atoms with E-state index in [1.54, 1.807) is 0 Å². The highest BCUT2D eigenvalue weighted by Crippen LogP contribution is 2.36. The van der Waals surface area contributed by atoms with Crippen LogP contribution in [0, 0.1) is 12.8 Å². The molecule has 0 aromatic heterocycles. The van der Waals surface area contributed by atoms with Gasteiger partial charge in [-0.05, 0) is 37.6 Å². The van der Waals surface area contributed by atoms with Gasteiger partial charge in [0.2, 0.25) is 0 Å². The van der Waals surface area contributed by atoms with Crippen LogP contribution in [0.1, 0.15) is 22.8 Å². The average Bonchev–Trinajstić information content (AvgIpc) is 2.56. The zero-order valence-corrected chi connectivity index (χ0v) is 14.5. The lowest BCUT2D eigenvalue weighted by Crippen LogP contribution is -2.34. The number of anilines is 1. The van der Waals surface area contributed by atoms with E-state index in [2.05, 4.69) is 18.3 Å². The van der Waals surface area contributed by atoms with Gasteiger partial charge in [0.05, 0.1) is 10.8 Å². The van der Waals surface area contributed by atoms with Crippen LogP contribution in [0.25, 0.3) is 0 Å². The van der Waals surface area contributed by atoms with Crippen molar-refractivity contribution >= 4 is 23.1 Å². The van der Waals surface area contributed by atoms with E-state index in [1.165, 1.54) is 0 Å². The van der Waals surface area contributed by atoms with Gasteiger partial charge < -0.3 is 5.32 Å². The third-order valence-electron chi connectivity index (χ3n) is 4.28. The minimum atomic E-state index is -0.771. The Morgan fingerprint density at radius 1 is 1.08 bits per heavy atom. The lowest BCUT2D eigenvalue weighted by molar-refractivity contribution is 0.0932. The molecule has 2 aromatic rings. The molecular formula is C21H20ClNO. The number of hydrogen-bond acceptors (Lipinski definition) is 2. The Morgan fingerprint density at radius 3 is 2.42 bits per heavy atom. The Kier molecular flexibility index (Phi) is 4.59. The summed E-state index contributed by atoms with van der Waals surface area (Å²) in [6.07, 6.45) is 5.75. The highest BCUT2D eigenvalue weighted by molar-refractivity contribution is 6.28. The third kappa shape index (κ3) is 3.44. The van der Waals surface area contributed by atoms with Crippen molar-refractivity contribution in [3.63, 3.8) is 0 Å². The largest absolute Gasteiger partial charge is 0.356 e. The summed E-state index contributed by atoms with van der Waals surface area (Å²) in [5.74, 6) is -0.348. The second-order valence-electron chi connectivity index (χ2n) is 6.26. The molecule has 1 aliphatic carbocycles. The van der Waals surface area contributed by atoms with Crippen molar-refractivity contribution in [3.05, 3.63) is 89.6 Å². The summed E-state index contributed by atoms with van der Waals surface area (Å²) in [4.78, 5) is 12.0. The van der Waals surface area contributed by atoms with Crippen LogP contribution < -0.4 is 5.32 Å². The number of rotatable bonds is 4. The molecule has 122 valence electrons. The number of Topliss-reactive ketones (excluding diaryl/α,β-unsaturated/α-hetero) is 1. The van der Waals surface area contributed by atoms with Gasteiger partial charge in [0.1, 0.15) is 0 Å². The van der Waals surface area contributed by atoms with E-state index in [4.69, 9.17) is 11.6 Å². The van der Waals surface area contributed by atoms with Gasteiger partial charge in [-0.25, -0.2) is 0 Å². The number of benzene rings is 2. The maximum Gasteiger partial charge on any atom is 0.171 e. The molecule has 0 heterocycles. The van der Waals surface area contributed by atoms with Crippen molar-refractivity contribution in [2.24, 2.45) is 5.92 Å². The number of carbonyl (C=O) groups excluding carboxylic acids is 1. The second kappa shape index (κ2) is 6.66. The first kappa shape index (κ1) is 16.5. The van der Waals surface area contributed by atoms with Gasteiger partial charge in [0.15, 0.2) is 5.78 Å². The van der Waals surface area contributed by atoms with Crippen LogP contribution in [-0.2, 0) is 0 Å². The summed E-state index contributed by atoms with van der Waals surface area (Å²) in [7, 11) is 0. The van der Waals surface area contributed by atoms with Gasteiger partial charge >= 0.3 is 0 Å². The molecule has 24 heavy (non-hydrogen) atoms. The number of hydrogen-bond donors (Lipinski definition) is 1. The first-order valence-corrected chi connectivity index (χ1v) is 8.37. The molecule has 0 bridgehead atoms. The van der Waals surface area contributed by atoms with E-state index in [1.807, 2.05) is 73.7 Å². The van der Waals surface area contributed by atoms with Gasteiger partial charge in [0, 0.05) is 16.9 Å². The monoisotopic (exact) mass is 337 g/mol. The van der Waals surface area contributed by atoms with Crippen LogP contribution in [0.3, 0.4) is 0 Å². The molecule has 2 atom stereocenters. The van der Waals surface area contributed by atoms with Crippen LogP contribution in [0.15, 0.2) is 78.5 Å². The molecular weight excluding hydrogens is 318 g/mol. The number of halogens is 1. The minimum Gasteiger partial charge on any atom is -0.356 e. The number of aryl methyl sites for hydroxylation is 1. The fraction of sp³-hybridized carbons (Fsp3) is 0.190. The van der Waals surface area contributed by atoms with Gasteiger partial charge in [-0.3, -0.25) is 4.79 Å². The second-order valence-corrected chi connectivity index (χ2v) is 7.07. The van der Waals surface area contributed by atoms with Crippen molar-refractivity contribution < 1.29 is 4.79 Å². The predicted octanol–water partition coefficient (Wildman–Crippen LogP) is 5.36. The highest BCUT2D eigenvalue weighted by Gasteiger charge is 2.36. The molecule has 2 aromatic carbocycles. The minimum absolute atomic E-state index is 0.0375. The maximum atomic E-state index is 12.7. The van der Waals surface area contributed by atoms with Crippen molar-refractivity contribution in [3.8, 4) is 0 Å². The lowest BCUT2D eigenvalue weighted by atomic mass is 9.82. The SMILES string of the molecule is Cc1ccccc1NC1=CC(C)(Cl)C(C(=O)c2ccccc2)C=C1. The first-order valence-electron chi connectivity index (χ1n) is 7.99. The fourth-order valence-corrected chi connectivity index (χ4v) is 3.19. The van der Waals surface area contributed by atoms with Gasteiger partial charge in [0.25, 0.3) is 0 Å². The van der Waals surface area contributed by atoms with E-state index >= 15 is 0 Å². The van der Waals surface area contributed by atoms with Crippen LogP contribution in [0.4, 0.5) is 5.69 Å². The summed E-state index contributed by atoms with van der Waals surface area (Å²) in [6, 6.07) is 17.4. The number of para-hydroxylation sites is 1. The summed E-state index contributed by atoms with van der Waals surface area (Å²) < 4.78 is 0. The van der Waals surface area contributed by atoms with Crippen molar-refractivity contribution in [2.75, 3.05) is 5.32 Å². The van der Waals surface area contributed by atoms with Crippen molar-refractivity contribution in [1.29, 1.82) is 0 Å². The molecule has 0 spiro atoms. The predicted molar refractivity (Wildman–Crippen MR) is 101 cm³/mol. The number of carbonyl (C=O) groups is 1. The zero-order valence-electron chi connectivity index (χ0n) is 13.8. The molecule has 0 aliphatic heterocycles.